The molecular weight excluding hydrogens is 404 g/mol. The van der Waals surface area contributed by atoms with Gasteiger partial charge in [-0.3, -0.25) is 9.59 Å². The van der Waals surface area contributed by atoms with Crippen LogP contribution >= 0.6 is 23.2 Å². The molecule has 2 heterocycles. The highest BCUT2D eigenvalue weighted by atomic mass is 35.5. The van der Waals surface area contributed by atoms with Crippen LogP contribution in [0.3, 0.4) is 0 Å². The Labute approximate surface area is 171 Å². The van der Waals surface area contributed by atoms with Crippen molar-refractivity contribution in [3.63, 3.8) is 0 Å². The third-order valence-corrected chi connectivity index (χ3v) is 5.86. The summed E-state index contributed by atoms with van der Waals surface area (Å²) in [4.78, 5) is 26.0. The topological polar surface area (TPSA) is 70.2 Å². The summed E-state index contributed by atoms with van der Waals surface area (Å²) in [7, 11) is 0. The molecule has 0 unspecified atom stereocenters. The van der Waals surface area contributed by atoms with E-state index in [9.17, 15) is 14.0 Å². The number of hydrogen-bond donors (Lipinski definition) is 3. The van der Waals surface area contributed by atoms with E-state index < -0.39 is 23.6 Å². The van der Waals surface area contributed by atoms with Crippen molar-refractivity contribution in [2.24, 2.45) is 5.92 Å². The first kappa shape index (κ1) is 19.2. The maximum Gasteiger partial charge on any atom is 0.232 e. The molecule has 0 spiro atoms. The van der Waals surface area contributed by atoms with Crippen molar-refractivity contribution in [2.45, 2.75) is 24.9 Å². The van der Waals surface area contributed by atoms with Crippen molar-refractivity contribution in [1.82, 2.24) is 10.6 Å². The van der Waals surface area contributed by atoms with Crippen molar-refractivity contribution in [1.29, 1.82) is 0 Å². The molecule has 3 atom stereocenters. The number of amides is 2. The highest BCUT2D eigenvalue weighted by molar-refractivity contribution is 6.31. The van der Waals surface area contributed by atoms with E-state index in [1.807, 2.05) is 6.07 Å². The van der Waals surface area contributed by atoms with Gasteiger partial charge >= 0.3 is 0 Å². The maximum atomic E-state index is 14.9. The van der Waals surface area contributed by atoms with Gasteiger partial charge in [-0.15, -0.1) is 0 Å². The van der Waals surface area contributed by atoms with E-state index >= 15 is 0 Å². The van der Waals surface area contributed by atoms with Gasteiger partial charge in [0.15, 0.2) is 0 Å². The van der Waals surface area contributed by atoms with Gasteiger partial charge in [0.2, 0.25) is 11.8 Å². The van der Waals surface area contributed by atoms with Gasteiger partial charge in [0.25, 0.3) is 0 Å². The van der Waals surface area contributed by atoms with Crippen LogP contribution in [0.25, 0.3) is 0 Å². The molecule has 3 N–H and O–H groups in total. The first-order chi connectivity index (χ1) is 13.5. The first-order valence-corrected chi connectivity index (χ1v) is 9.75. The van der Waals surface area contributed by atoms with Crippen molar-refractivity contribution < 1.29 is 14.0 Å². The Bertz CT molecular complexity index is 953. The molecule has 146 valence electrons. The summed E-state index contributed by atoms with van der Waals surface area (Å²) in [6, 6.07) is 9.42. The minimum atomic E-state index is -1.04. The summed E-state index contributed by atoms with van der Waals surface area (Å²) in [5, 5.41) is 9.39. The van der Waals surface area contributed by atoms with Gasteiger partial charge in [0.05, 0.1) is 16.9 Å². The highest BCUT2D eigenvalue weighted by Gasteiger charge is 2.44. The SMILES string of the molecule is O=C1NCC[C@H]2NCc3ccc(Cl)cc3NC(=O)[C@@H](c3cccc(Cl)c3F)[C@@H]12. The van der Waals surface area contributed by atoms with Crippen LogP contribution in [-0.2, 0) is 16.1 Å². The zero-order chi connectivity index (χ0) is 19.8. The van der Waals surface area contributed by atoms with E-state index in [4.69, 9.17) is 23.2 Å². The summed E-state index contributed by atoms with van der Waals surface area (Å²) < 4.78 is 14.9. The fraction of sp³-hybridized carbons (Fsp3) is 0.300. The lowest BCUT2D eigenvalue weighted by Crippen LogP contribution is -2.54. The largest absolute Gasteiger partial charge is 0.356 e. The number of halogens is 3. The van der Waals surface area contributed by atoms with Crippen molar-refractivity contribution >= 4 is 40.7 Å². The average Bonchev–Trinajstić information content (AvgIpc) is 2.71. The molecule has 0 aromatic heterocycles. The van der Waals surface area contributed by atoms with E-state index in [-0.39, 0.29) is 22.5 Å². The molecule has 0 saturated carbocycles. The minimum absolute atomic E-state index is 0.0886. The van der Waals surface area contributed by atoms with Gasteiger partial charge in [-0.25, -0.2) is 4.39 Å². The Morgan fingerprint density at radius 3 is 2.71 bits per heavy atom. The Kier molecular flexibility index (Phi) is 5.27. The van der Waals surface area contributed by atoms with E-state index in [2.05, 4.69) is 16.0 Å². The quantitative estimate of drug-likeness (QED) is 0.660. The van der Waals surface area contributed by atoms with Gasteiger partial charge < -0.3 is 16.0 Å². The van der Waals surface area contributed by atoms with Crippen LogP contribution in [0.4, 0.5) is 10.1 Å². The molecule has 4 rings (SSSR count). The van der Waals surface area contributed by atoms with Crippen LogP contribution < -0.4 is 16.0 Å². The molecule has 1 fully saturated rings. The number of rotatable bonds is 1. The number of nitrogens with one attached hydrogen (secondary N) is 3. The number of hydrogen-bond acceptors (Lipinski definition) is 3. The molecule has 1 saturated heterocycles. The predicted molar refractivity (Wildman–Crippen MR) is 106 cm³/mol. The number of fused-ring (bicyclic) bond motifs is 2. The molecule has 2 aliphatic heterocycles. The lowest BCUT2D eigenvalue weighted by Gasteiger charge is -2.35. The van der Waals surface area contributed by atoms with Crippen molar-refractivity contribution in [3.8, 4) is 0 Å². The standard InChI is InChI=1S/C20H18Cl2FN3O2/c21-11-5-4-10-9-25-14-6-7-24-19(27)17(14)16(20(28)26-15(10)8-11)12-2-1-3-13(22)18(12)23/h1-5,8,14,16-17,25H,6-7,9H2,(H,24,27)(H,26,28)/t14-,16+,17+/m1/s1. The summed E-state index contributed by atoms with van der Waals surface area (Å²) in [6.45, 7) is 0.943. The molecule has 8 heteroatoms. The maximum absolute atomic E-state index is 14.9. The highest BCUT2D eigenvalue weighted by Crippen LogP contribution is 2.37. The summed E-state index contributed by atoms with van der Waals surface area (Å²) in [5.41, 5.74) is 1.48. The van der Waals surface area contributed by atoms with Crippen LogP contribution in [0.2, 0.25) is 10.0 Å². The van der Waals surface area contributed by atoms with Gasteiger partial charge in [0.1, 0.15) is 5.82 Å². The molecule has 2 amide bonds. The second-order valence-electron chi connectivity index (χ2n) is 7.00. The number of carbonyl (C=O) groups is 2. The van der Waals surface area contributed by atoms with Crippen LogP contribution in [0.5, 0.6) is 0 Å². The minimum Gasteiger partial charge on any atom is -0.356 e. The first-order valence-electron chi connectivity index (χ1n) is 9.00. The van der Waals surface area contributed by atoms with Crippen LogP contribution in [-0.4, -0.2) is 24.4 Å². The zero-order valence-electron chi connectivity index (χ0n) is 14.8. The molecule has 2 aromatic rings. The Hall–Kier alpha value is -2.15. The van der Waals surface area contributed by atoms with Crippen LogP contribution in [0.15, 0.2) is 36.4 Å². The fourth-order valence-corrected chi connectivity index (χ4v) is 4.33. The number of carbonyl (C=O) groups excluding carboxylic acids is 2. The molecule has 5 nitrogen and oxygen atoms in total. The van der Waals surface area contributed by atoms with Gasteiger partial charge in [-0.05, 0) is 30.2 Å². The monoisotopic (exact) mass is 421 g/mol. The average molecular weight is 422 g/mol. The van der Waals surface area contributed by atoms with Gasteiger partial charge in [-0.1, -0.05) is 41.4 Å². The summed E-state index contributed by atoms with van der Waals surface area (Å²) >= 11 is 12.0. The van der Waals surface area contributed by atoms with E-state index in [1.54, 1.807) is 18.2 Å². The van der Waals surface area contributed by atoms with E-state index in [0.717, 1.165) is 5.56 Å². The van der Waals surface area contributed by atoms with Gasteiger partial charge in [0, 0.05) is 35.4 Å². The zero-order valence-corrected chi connectivity index (χ0v) is 16.3. The third-order valence-electron chi connectivity index (χ3n) is 5.33. The molecule has 28 heavy (non-hydrogen) atoms. The fourth-order valence-electron chi connectivity index (χ4n) is 3.97. The van der Waals surface area contributed by atoms with Crippen LogP contribution in [0, 0.1) is 11.7 Å². The smallest absolute Gasteiger partial charge is 0.232 e. The van der Waals surface area contributed by atoms with E-state index in [1.165, 1.54) is 12.1 Å². The van der Waals surface area contributed by atoms with Crippen LogP contribution in [0.1, 0.15) is 23.5 Å². The van der Waals surface area contributed by atoms with Gasteiger partial charge in [-0.2, -0.15) is 0 Å². The number of anilines is 1. The molecule has 2 aromatic carbocycles. The Morgan fingerprint density at radius 2 is 1.89 bits per heavy atom. The lowest BCUT2D eigenvalue weighted by molar-refractivity contribution is -0.132. The number of piperidine rings is 1. The predicted octanol–water partition coefficient (Wildman–Crippen LogP) is 3.46. The number of benzene rings is 2. The Morgan fingerprint density at radius 1 is 1.07 bits per heavy atom. The van der Waals surface area contributed by atoms with E-state index in [0.29, 0.717) is 30.2 Å². The molecule has 2 aliphatic rings. The summed E-state index contributed by atoms with van der Waals surface area (Å²) in [5.74, 6) is -3.26. The molecule has 0 aliphatic carbocycles. The molecule has 0 radical (unpaired) electrons. The summed E-state index contributed by atoms with van der Waals surface area (Å²) in [6.07, 6.45) is 0.630. The second-order valence-corrected chi connectivity index (χ2v) is 7.85. The van der Waals surface area contributed by atoms with Crippen molar-refractivity contribution in [3.05, 3.63) is 63.4 Å². The second kappa shape index (κ2) is 7.70. The third kappa shape index (κ3) is 3.48. The normalized spacial score (nSPS) is 24.8. The molecular formula is C20H18Cl2FN3O2. The lowest BCUT2D eigenvalue weighted by atomic mass is 9.77. The van der Waals surface area contributed by atoms with Crippen molar-refractivity contribution in [2.75, 3.05) is 11.9 Å². The Balaban J connectivity index is 1.85. The molecule has 0 bridgehead atoms.